The van der Waals surface area contributed by atoms with E-state index < -0.39 is 0 Å². The molecule has 162 valence electrons. The van der Waals surface area contributed by atoms with Crippen molar-refractivity contribution >= 4 is 0 Å². The smallest absolute Gasteiger partial charge is 0.101 e. The average molecular weight is 415 g/mol. The highest BCUT2D eigenvalue weighted by molar-refractivity contribution is 5.75. The van der Waals surface area contributed by atoms with Gasteiger partial charge in [-0.3, -0.25) is 0 Å². The summed E-state index contributed by atoms with van der Waals surface area (Å²) in [5.74, 6) is 0.332. The highest BCUT2D eigenvalue weighted by Crippen LogP contribution is 2.38. The van der Waals surface area contributed by atoms with Gasteiger partial charge in [0, 0.05) is 12.2 Å². The molecule has 2 aromatic carbocycles. The Labute approximate surface area is 187 Å². The first-order chi connectivity index (χ1) is 15.2. The number of ether oxygens (including phenoxy) is 1. The number of hydrogen-bond donors (Lipinski definition) is 0. The van der Waals surface area contributed by atoms with E-state index in [1.165, 1.54) is 24.8 Å². The Balaban J connectivity index is 1.80. The summed E-state index contributed by atoms with van der Waals surface area (Å²) in [7, 11) is 0. The number of rotatable bonds is 9. The third-order valence-electron chi connectivity index (χ3n) is 6.47. The van der Waals surface area contributed by atoms with Gasteiger partial charge in [-0.2, -0.15) is 10.5 Å². The van der Waals surface area contributed by atoms with Crippen molar-refractivity contribution in [1.29, 1.82) is 10.5 Å². The lowest BCUT2D eigenvalue weighted by Crippen LogP contribution is -2.21. The van der Waals surface area contributed by atoms with E-state index in [0.717, 1.165) is 61.8 Å². The van der Waals surface area contributed by atoms with Crippen molar-refractivity contribution in [1.82, 2.24) is 0 Å². The normalized spacial score (nSPS) is 18.3. The lowest BCUT2D eigenvalue weighted by atomic mass is 9.79. The van der Waals surface area contributed by atoms with Crippen LogP contribution < -0.4 is 0 Å². The standard InChI is InChI=1S/C28H34N2O/c1-3-5-6-7-21-8-10-22(11-9-21)25-16-17-26(28(20-30)27(25)19-29)23-12-14-24(15-13-23)31-18-4-2/h8-11,16-17,23-24H,3-7,12-15,18H2,1-2H3. The van der Waals surface area contributed by atoms with Gasteiger partial charge in [0.05, 0.1) is 17.2 Å². The van der Waals surface area contributed by atoms with Crippen molar-refractivity contribution in [2.45, 2.75) is 83.7 Å². The molecular formula is C28H34N2O. The third-order valence-corrected chi connectivity index (χ3v) is 6.47. The summed E-state index contributed by atoms with van der Waals surface area (Å²) < 4.78 is 5.92. The minimum atomic E-state index is 0.332. The molecule has 2 aromatic rings. The van der Waals surface area contributed by atoms with E-state index in [9.17, 15) is 10.5 Å². The largest absolute Gasteiger partial charge is 0.378 e. The summed E-state index contributed by atoms with van der Waals surface area (Å²) in [5, 5.41) is 19.9. The van der Waals surface area contributed by atoms with Crippen molar-refractivity contribution in [3.8, 4) is 23.3 Å². The number of hydrogen-bond acceptors (Lipinski definition) is 3. The second-order valence-corrected chi connectivity index (χ2v) is 8.67. The Hall–Kier alpha value is -2.62. The van der Waals surface area contributed by atoms with E-state index >= 15 is 0 Å². The molecule has 0 radical (unpaired) electrons. The van der Waals surface area contributed by atoms with Gasteiger partial charge in [0.2, 0.25) is 0 Å². The van der Waals surface area contributed by atoms with Crippen LogP contribution in [0, 0.1) is 22.7 Å². The molecule has 0 N–H and O–H groups in total. The maximum absolute atomic E-state index is 9.94. The van der Waals surface area contributed by atoms with E-state index in [0.29, 0.717) is 23.1 Å². The highest BCUT2D eigenvalue weighted by Gasteiger charge is 2.26. The summed E-state index contributed by atoms with van der Waals surface area (Å²) >= 11 is 0. The van der Waals surface area contributed by atoms with Gasteiger partial charge in [-0.05, 0) is 67.6 Å². The molecule has 1 aliphatic carbocycles. The third kappa shape index (κ3) is 5.75. The van der Waals surface area contributed by atoms with Crippen LogP contribution in [0.15, 0.2) is 36.4 Å². The molecule has 3 nitrogen and oxygen atoms in total. The molecule has 0 spiro atoms. The van der Waals surface area contributed by atoms with Crippen LogP contribution in [0.3, 0.4) is 0 Å². The Morgan fingerprint density at radius 3 is 2.16 bits per heavy atom. The van der Waals surface area contributed by atoms with Gasteiger partial charge in [-0.15, -0.1) is 0 Å². The quantitative estimate of drug-likeness (QED) is 0.405. The van der Waals surface area contributed by atoms with Gasteiger partial charge < -0.3 is 4.74 Å². The first-order valence-corrected chi connectivity index (χ1v) is 11.9. The van der Waals surface area contributed by atoms with Gasteiger partial charge in [0.25, 0.3) is 0 Å². The second kappa shape index (κ2) is 11.7. The van der Waals surface area contributed by atoms with E-state index in [1.807, 2.05) is 6.07 Å². The molecular weight excluding hydrogens is 380 g/mol. The number of unbranched alkanes of at least 4 members (excludes halogenated alkanes) is 2. The predicted molar refractivity (Wildman–Crippen MR) is 126 cm³/mol. The predicted octanol–water partition coefficient (Wildman–Crippen LogP) is 7.28. The minimum absolute atomic E-state index is 0.332. The minimum Gasteiger partial charge on any atom is -0.378 e. The zero-order valence-corrected chi connectivity index (χ0v) is 19.0. The molecule has 0 saturated heterocycles. The van der Waals surface area contributed by atoms with Crippen LogP contribution in [0.1, 0.15) is 93.4 Å². The SMILES string of the molecule is CCCCCc1ccc(-c2ccc(C3CCC(OCCC)CC3)c(C#N)c2C#N)cc1. The molecule has 31 heavy (non-hydrogen) atoms. The van der Waals surface area contributed by atoms with Crippen LogP contribution in [0.25, 0.3) is 11.1 Å². The molecule has 3 heteroatoms. The maximum Gasteiger partial charge on any atom is 0.101 e. The average Bonchev–Trinajstić information content (AvgIpc) is 2.82. The van der Waals surface area contributed by atoms with Crippen molar-refractivity contribution in [2.24, 2.45) is 0 Å². The first-order valence-electron chi connectivity index (χ1n) is 11.9. The molecule has 1 fully saturated rings. The molecule has 0 heterocycles. The van der Waals surface area contributed by atoms with Gasteiger partial charge in [0.15, 0.2) is 0 Å². The molecule has 1 aliphatic rings. The lowest BCUT2D eigenvalue weighted by molar-refractivity contribution is 0.0251. The zero-order chi connectivity index (χ0) is 22.1. The van der Waals surface area contributed by atoms with E-state index in [2.05, 4.69) is 56.3 Å². The number of nitrogens with zero attached hydrogens (tertiary/aromatic N) is 2. The van der Waals surface area contributed by atoms with Crippen LogP contribution in [0.2, 0.25) is 0 Å². The molecule has 0 aromatic heterocycles. The monoisotopic (exact) mass is 414 g/mol. The first kappa shape index (κ1) is 23.1. The van der Waals surface area contributed by atoms with Crippen LogP contribution in [0.5, 0.6) is 0 Å². The lowest BCUT2D eigenvalue weighted by Gasteiger charge is -2.29. The van der Waals surface area contributed by atoms with E-state index in [4.69, 9.17) is 4.74 Å². The van der Waals surface area contributed by atoms with Gasteiger partial charge in [0.1, 0.15) is 12.1 Å². The Kier molecular flexibility index (Phi) is 8.69. The molecule has 3 rings (SSSR count). The molecule has 0 atom stereocenters. The molecule has 0 bridgehead atoms. The highest BCUT2D eigenvalue weighted by atomic mass is 16.5. The number of benzene rings is 2. The van der Waals surface area contributed by atoms with Crippen LogP contribution in [0.4, 0.5) is 0 Å². The van der Waals surface area contributed by atoms with Gasteiger partial charge in [-0.1, -0.05) is 63.1 Å². The van der Waals surface area contributed by atoms with E-state index in [1.54, 1.807) is 0 Å². The van der Waals surface area contributed by atoms with Gasteiger partial charge in [-0.25, -0.2) is 0 Å². The molecule has 0 amide bonds. The van der Waals surface area contributed by atoms with E-state index in [-0.39, 0.29) is 0 Å². The van der Waals surface area contributed by atoms with Crippen molar-refractivity contribution in [2.75, 3.05) is 6.61 Å². The molecule has 1 saturated carbocycles. The van der Waals surface area contributed by atoms with Crippen LogP contribution in [-0.2, 0) is 11.2 Å². The van der Waals surface area contributed by atoms with Crippen molar-refractivity contribution < 1.29 is 4.74 Å². The summed E-state index contributed by atoms with van der Waals surface area (Å²) in [5.41, 5.74) is 5.31. The molecule has 0 unspecified atom stereocenters. The number of nitriles is 2. The van der Waals surface area contributed by atoms with Gasteiger partial charge >= 0.3 is 0 Å². The summed E-state index contributed by atoms with van der Waals surface area (Å²) in [6.45, 7) is 5.17. The topological polar surface area (TPSA) is 56.8 Å². The summed E-state index contributed by atoms with van der Waals surface area (Å²) in [4.78, 5) is 0. The van der Waals surface area contributed by atoms with Crippen molar-refractivity contribution in [3.05, 3.63) is 58.7 Å². The zero-order valence-electron chi connectivity index (χ0n) is 19.0. The Bertz CT molecular complexity index is 925. The Morgan fingerprint density at radius 1 is 0.839 bits per heavy atom. The van der Waals surface area contributed by atoms with Crippen LogP contribution in [-0.4, -0.2) is 12.7 Å². The number of aryl methyl sites for hydroxylation is 1. The fraction of sp³-hybridized carbons (Fsp3) is 0.500. The van der Waals surface area contributed by atoms with Crippen LogP contribution >= 0.6 is 0 Å². The Morgan fingerprint density at radius 2 is 1.55 bits per heavy atom. The fourth-order valence-electron chi connectivity index (χ4n) is 4.69. The maximum atomic E-state index is 9.94. The summed E-state index contributed by atoms with van der Waals surface area (Å²) in [6.07, 6.45) is 10.2. The second-order valence-electron chi connectivity index (χ2n) is 8.67. The summed E-state index contributed by atoms with van der Waals surface area (Å²) in [6, 6.07) is 17.3. The molecule has 0 aliphatic heterocycles. The fourth-order valence-corrected chi connectivity index (χ4v) is 4.69. The van der Waals surface area contributed by atoms with Crippen molar-refractivity contribution in [3.63, 3.8) is 0 Å².